The van der Waals surface area contributed by atoms with Crippen LogP contribution in [0, 0.1) is 0 Å². The van der Waals surface area contributed by atoms with Crippen molar-refractivity contribution in [3.8, 4) is 0 Å². The maximum absolute atomic E-state index is 11.2. The first-order chi connectivity index (χ1) is 8.50. The molecule has 0 radical (unpaired) electrons. The predicted octanol–water partition coefficient (Wildman–Crippen LogP) is -1.29. The molecule has 1 heterocycles. The number of hydrogen-bond acceptors (Lipinski definition) is 4. The van der Waals surface area contributed by atoms with Gasteiger partial charge in [-0.05, 0) is 6.07 Å². The van der Waals surface area contributed by atoms with E-state index in [1.165, 1.54) is 0 Å². The van der Waals surface area contributed by atoms with E-state index in [0.717, 1.165) is 5.69 Å². The van der Waals surface area contributed by atoms with Crippen molar-refractivity contribution in [2.24, 2.45) is 7.05 Å². The summed E-state index contributed by atoms with van der Waals surface area (Å²) in [5, 5.41) is 26.1. The van der Waals surface area contributed by atoms with Crippen molar-refractivity contribution in [1.29, 1.82) is 0 Å². The molecular weight excluding hydrogens is 240 g/mol. The second kappa shape index (κ2) is 6.60. The van der Waals surface area contributed by atoms with Crippen LogP contribution >= 0.6 is 0 Å². The highest BCUT2D eigenvalue weighted by atomic mass is 16.4. The Bertz CT molecular complexity index is 418. The van der Waals surface area contributed by atoms with Crippen LogP contribution in [-0.4, -0.2) is 51.2 Å². The standard InChI is InChI=1S/C10H16N4O4/c1-14-7(3-5-13-14)2-4-11-10(18)12-6-8(15)9(16)17/h3,5,8,15H,2,4,6H2,1H3,(H,16,17)(H2,11,12,18). The molecule has 1 aromatic rings. The second-order valence-corrected chi connectivity index (χ2v) is 3.69. The van der Waals surface area contributed by atoms with E-state index in [4.69, 9.17) is 10.2 Å². The lowest BCUT2D eigenvalue weighted by molar-refractivity contribution is -0.146. The van der Waals surface area contributed by atoms with Crippen molar-refractivity contribution in [3.63, 3.8) is 0 Å². The number of aryl methyl sites for hydroxylation is 1. The molecule has 0 aliphatic rings. The highest BCUT2D eigenvalue weighted by Crippen LogP contribution is 1.95. The van der Waals surface area contributed by atoms with Crippen LogP contribution in [0.4, 0.5) is 4.79 Å². The predicted molar refractivity (Wildman–Crippen MR) is 62.0 cm³/mol. The van der Waals surface area contributed by atoms with E-state index >= 15 is 0 Å². The molecule has 0 aliphatic carbocycles. The Labute approximate surface area is 104 Å². The van der Waals surface area contributed by atoms with Crippen LogP contribution in [-0.2, 0) is 18.3 Å². The molecule has 8 heteroatoms. The highest BCUT2D eigenvalue weighted by molar-refractivity contribution is 5.76. The first-order valence-electron chi connectivity index (χ1n) is 5.40. The van der Waals surface area contributed by atoms with Gasteiger partial charge < -0.3 is 20.8 Å². The fraction of sp³-hybridized carbons (Fsp3) is 0.500. The summed E-state index contributed by atoms with van der Waals surface area (Å²) >= 11 is 0. The number of aromatic nitrogens is 2. The number of aliphatic carboxylic acids is 1. The zero-order chi connectivity index (χ0) is 13.5. The van der Waals surface area contributed by atoms with Crippen LogP contribution in [0.15, 0.2) is 12.3 Å². The average Bonchev–Trinajstić information content (AvgIpc) is 2.72. The van der Waals surface area contributed by atoms with Gasteiger partial charge in [0.05, 0.1) is 6.54 Å². The van der Waals surface area contributed by atoms with Gasteiger partial charge in [0.15, 0.2) is 6.10 Å². The van der Waals surface area contributed by atoms with Crippen molar-refractivity contribution in [3.05, 3.63) is 18.0 Å². The lowest BCUT2D eigenvalue weighted by atomic mass is 10.3. The average molecular weight is 256 g/mol. The Morgan fingerprint density at radius 1 is 1.50 bits per heavy atom. The zero-order valence-electron chi connectivity index (χ0n) is 9.96. The number of carbonyl (C=O) groups excluding carboxylic acids is 1. The fourth-order valence-corrected chi connectivity index (χ4v) is 1.29. The van der Waals surface area contributed by atoms with Crippen LogP contribution in [0.5, 0.6) is 0 Å². The van der Waals surface area contributed by atoms with Gasteiger partial charge in [-0.3, -0.25) is 4.68 Å². The second-order valence-electron chi connectivity index (χ2n) is 3.69. The van der Waals surface area contributed by atoms with Gasteiger partial charge >= 0.3 is 12.0 Å². The molecule has 2 amide bonds. The summed E-state index contributed by atoms with van der Waals surface area (Å²) < 4.78 is 1.70. The number of rotatable bonds is 6. The maximum atomic E-state index is 11.2. The van der Waals surface area contributed by atoms with Crippen molar-refractivity contribution < 1.29 is 19.8 Å². The molecule has 0 fully saturated rings. The third kappa shape index (κ3) is 4.42. The molecular formula is C10H16N4O4. The first kappa shape index (κ1) is 14.0. The Hall–Kier alpha value is -2.09. The van der Waals surface area contributed by atoms with E-state index in [2.05, 4.69) is 15.7 Å². The summed E-state index contributed by atoms with van der Waals surface area (Å²) in [5.74, 6) is -1.37. The summed E-state index contributed by atoms with van der Waals surface area (Å²) in [7, 11) is 1.80. The number of amides is 2. The third-order valence-corrected chi connectivity index (χ3v) is 2.33. The number of carbonyl (C=O) groups is 2. The largest absolute Gasteiger partial charge is 0.479 e. The van der Waals surface area contributed by atoms with E-state index in [-0.39, 0.29) is 6.54 Å². The fourth-order valence-electron chi connectivity index (χ4n) is 1.29. The van der Waals surface area contributed by atoms with Crippen molar-refractivity contribution in [1.82, 2.24) is 20.4 Å². The van der Waals surface area contributed by atoms with Crippen LogP contribution < -0.4 is 10.6 Å². The summed E-state index contributed by atoms with van der Waals surface area (Å²) in [4.78, 5) is 21.5. The van der Waals surface area contributed by atoms with Crippen LogP contribution in [0.3, 0.4) is 0 Å². The number of hydrogen-bond donors (Lipinski definition) is 4. The first-order valence-corrected chi connectivity index (χ1v) is 5.40. The molecule has 18 heavy (non-hydrogen) atoms. The number of nitrogens with one attached hydrogen (secondary N) is 2. The monoisotopic (exact) mass is 256 g/mol. The van der Waals surface area contributed by atoms with E-state index in [9.17, 15) is 9.59 Å². The summed E-state index contributed by atoms with van der Waals surface area (Å²) in [5.41, 5.74) is 0.973. The topological polar surface area (TPSA) is 116 Å². The molecule has 0 aliphatic heterocycles. The Morgan fingerprint density at radius 2 is 2.22 bits per heavy atom. The molecule has 0 saturated heterocycles. The Balaban J connectivity index is 2.18. The number of nitrogens with zero attached hydrogens (tertiary/aromatic N) is 2. The molecule has 0 saturated carbocycles. The zero-order valence-corrected chi connectivity index (χ0v) is 9.96. The van der Waals surface area contributed by atoms with Gasteiger partial charge in [-0.2, -0.15) is 5.10 Å². The molecule has 1 unspecified atom stereocenters. The molecule has 0 spiro atoms. The molecule has 8 nitrogen and oxygen atoms in total. The number of urea groups is 1. The number of carboxylic acid groups (broad SMARTS) is 1. The summed E-state index contributed by atoms with van der Waals surface area (Å²) in [6, 6.07) is 1.32. The molecule has 100 valence electrons. The summed E-state index contributed by atoms with van der Waals surface area (Å²) in [6.07, 6.45) is 0.692. The molecule has 0 bridgehead atoms. The SMILES string of the molecule is Cn1nccc1CCNC(=O)NCC(O)C(=O)O. The quantitative estimate of drug-likeness (QED) is 0.505. The minimum atomic E-state index is -1.59. The van der Waals surface area contributed by atoms with Crippen molar-refractivity contribution in [2.45, 2.75) is 12.5 Å². The van der Waals surface area contributed by atoms with E-state index in [0.29, 0.717) is 13.0 Å². The van der Waals surface area contributed by atoms with E-state index in [1.807, 2.05) is 6.07 Å². The van der Waals surface area contributed by atoms with Gasteiger partial charge in [0.2, 0.25) is 0 Å². The lowest BCUT2D eigenvalue weighted by Crippen LogP contribution is -2.42. The van der Waals surface area contributed by atoms with Gasteiger partial charge in [-0.25, -0.2) is 9.59 Å². The molecule has 1 atom stereocenters. The third-order valence-electron chi connectivity index (χ3n) is 2.33. The molecule has 0 aromatic carbocycles. The van der Waals surface area contributed by atoms with Crippen molar-refractivity contribution >= 4 is 12.0 Å². The Morgan fingerprint density at radius 3 is 2.78 bits per heavy atom. The Kier molecular flexibility index (Phi) is 5.12. The maximum Gasteiger partial charge on any atom is 0.334 e. The number of aliphatic hydroxyl groups excluding tert-OH is 1. The van der Waals surface area contributed by atoms with Gasteiger partial charge in [-0.15, -0.1) is 0 Å². The lowest BCUT2D eigenvalue weighted by Gasteiger charge is -2.09. The van der Waals surface area contributed by atoms with Gasteiger partial charge in [0, 0.05) is 31.9 Å². The van der Waals surface area contributed by atoms with E-state index in [1.54, 1.807) is 17.9 Å². The van der Waals surface area contributed by atoms with Gasteiger partial charge in [0.25, 0.3) is 0 Å². The molecule has 4 N–H and O–H groups in total. The number of aliphatic hydroxyl groups is 1. The molecule has 1 aromatic heterocycles. The highest BCUT2D eigenvalue weighted by Gasteiger charge is 2.13. The van der Waals surface area contributed by atoms with Crippen LogP contribution in [0.2, 0.25) is 0 Å². The smallest absolute Gasteiger partial charge is 0.334 e. The van der Waals surface area contributed by atoms with Crippen LogP contribution in [0.25, 0.3) is 0 Å². The normalized spacial score (nSPS) is 11.9. The van der Waals surface area contributed by atoms with Crippen molar-refractivity contribution in [2.75, 3.05) is 13.1 Å². The minimum absolute atomic E-state index is 0.327. The van der Waals surface area contributed by atoms with Gasteiger partial charge in [-0.1, -0.05) is 0 Å². The van der Waals surface area contributed by atoms with Gasteiger partial charge in [0.1, 0.15) is 0 Å². The summed E-state index contributed by atoms with van der Waals surface area (Å²) in [6.45, 7) is 0.0708. The van der Waals surface area contributed by atoms with E-state index < -0.39 is 18.1 Å². The minimum Gasteiger partial charge on any atom is -0.479 e. The van der Waals surface area contributed by atoms with Crippen LogP contribution in [0.1, 0.15) is 5.69 Å². The molecule has 1 rings (SSSR count). The number of carboxylic acids is 1.